The normalized spacial score (nSPS) is 14.9. The number of aromatic nitrogens is 3. The molecule has 0 radical (unpaired) electrons. The third-order valence-corrected chi connectivity index (χ3v) is 3.24. The Morgan fingerprint density at radius 2 is 1.95 bits per heavy atom. The largest absolute Gasteiger partial charge is 0.378 e. The molecule has 3 N–H and O–H groups in total. The third kappa shape index (κ3) is 5.31. The summed E-state index contributed by atoms with van der Waals surface area (Å²) in [7, 11) is 4.05. The van der Waals surface area contributed by atoms with Crippen LogP contribution in [0.1, 0.15) is 12.8 Å². The molecule has 0 amide bonds. The molecule has 2 rings (SSSR count). The molecule has 0 saturated carbocycles. The highest BCUT2D eigenvalue weighted by Crippen LogP contribution is 2.17. The van der Waals surface area contributed by atoms with Gasteiger partial charge in [-0.25, -0.2) is 0 Å². The molecule has 0 spiro atoms. The van der Waals surface area contributed by atoms with Crippen LogP contribution >= 0.6 is 0 Å². The quantitative estimate of drug-likeness (QED) is 0.650. The van der Waals surface area contributed by atoms with Crippen LogP contribution in [0, 0.1) is 0 Å². The summed E-state index contributed by atoms with van der Waals surface area (Å²) in [6.45, 7) is 4.85. The predicted octanol–water partition coefficient (Wildman–Crippen LogP) is 0.0441. The van der Waals surface area contributed by atoms with Gasteiger partial charge in [0.15, 0.2) is 0 Å². The number of anilines is 3. The molecule has 1 aromatic heterocycles. The fraction of sp³-hybridized carbons (Fsp3) is 0.769. The molecule has 1 fully saturated rings. The zero-order valence-electron chi connectivity index (χ0n) is 12.9. The van der Waals surface area contributed by atoms with Gasteiger partial charge in [0.25, 0.3) is 0 Å². The number of ether oxygens (including phenoxy) is 1. The molecule has 118 valence electrons. The van der Waals surface area contributed by atoms with Crippen LogP contribution in [-0.2, 0) is 4.74 Å². The minimum Gasteiger partial charge on any atom is -0.378 e. The van der Waals surface area contributed by atoms with E-state index in [1.54, 1.807) is 0 Å². The van der Waals surface area contributed by atoms with Crippen molar-refractivity contribution in [3.8, 4) is 0 Å². The van der Waals surface area contributed by atoms with Crippen molar-refractivity contribution in [3.63, 3.8) is 0 Å². The van der Waals surface area contributed by atoms with E-state index in [-0.39, 0.29) is 5.95 Å². The molecule has 1 aromatic rings. The second-order valence-corrected chi connectivity index (χ2v) is 5.35. The molecule has 0 unspecified atom stereocenters. The van der Waals surface area contributed by atoms with E-state index in [0.717, 1.165) is 19.6 Å². The second kappa shape index (κ2) is 7.94. The molecule has 0 atom stereocenters. The highest BCUT2D eigenvalue weighted by atomic mass is 16.5. The molecule has 1 saturated heterocycles. The number of nitrogens with two attached hydrogens (primary N) is 1. The summed E-state index contributed by atoms with van der Waals surface area (Å²) in [5.41, 5.74) is 5.75. The lowest BCUT2D eigenvalue weighted by Crippen LogP contribution is -2.23. The van der Waals surface area contributed by atoms with Crippen molar-refractivity contribution in [1.29, 1.82) is 0 Å². The van der Waals surface area contributed by atoms with E-state index in [1.165, 1.54) is 12.8 Å². The number of nitrogens with one attached hydrogen (secondary N) is 1. The molecule has 8 nitrogen and oxygen atoms in total. The van der Waals surface area contributed by atoms with Gasteiger partial charge < -0.3 is 25.6 Å². The van der Waals surface area contributed by atoms with Gasteiger partial charge in [0, 0.05) is 26.2 Å². The lowest BCUT2D eigenvalue weighted by molar-refractivity contribution is 0.126. The first-order valence-corrected chi connectivity index (χ1v) is 7.38. The number of hydrogen-bond acceptors (Lipinski definition) is 8. The molecule has 8 heteroatoms. The van der Waals surface area contributed by atoms with Crippen molar-refractivity contribution in [2.45, 2.75) is 12.8 Å². The standard InChI is InChI=1S/C13H25N7O/c1-19(2)8-10-21-9-5-15-12-16-11(14)17-13(18-12)20-6-3-4-7-20/h3-10H2,1-2H3,(H3,14,15,16,17,18). The SMILES string of the molecule is CN(C)CCOCCNc1nc(N)nc(N2CCCC2)n1. The van der Waals surface area contributed by atoms with Gasteiger partial charge >= 0.3 is 0 Å². The zero-order valence-corrected chi connectivity index (χ0v) is 12.9. The van der Waals surface area contributed by atoms with E-state index >= 15 is 0 Å². The summed E-state index contributed by atoms with van der Waals surface area (Å²) in [5.74, 6) is 1.43. The molecule has 0 aromatic carbocycles. The van der Waals surface area contributed by atoms with Crippen LogP contribution in [0.3, 0.4) is 0 Å². The minimum absolute atomic E-state index is 0.253. The van der Waals surface area contributed by atoms with E-state index in [9.17, 15) is 0 Å². The number of rotatable bonds is 8. The van der Waals surface area contributed by atoms with Gasteiger partial charge in [-0.2, -0.15) is 15.0 Å². The predicted molar refractivity (Wildman–Crippen MR) is 83.5 cm³/mol. The van der Waals surface area contributed by atoms with Gasteiger partial charge in [-0.1, -0.05) is 0 Å². The first-order valence-electron chi connectivity index (χ1n) is 7.38. The summed E-state index contributed by atoms with van der Waals surface area (Å²) in [4.78, 5) is 16.9. The number of hydrogen-bond donors (Lipinski definition) is 2. The average molecular weight is 295 g/mol. The van der Waals surface area contributed by atoms with Crippen molar-refractivity contribution >= 4 is 17.8 Å². The maximum Gasteiger partial charge on any atom is 0.231 e. The van der Waals surface area contributed by atoms with E-state index in [1.807, 2.05) is 14.1 Å². The number of nitrogen functional groups attached to an aromatic ring is 1. The average Bonchev–Trinajstić information content (AvgIpc) is 2.96. The molecule has 0 aliphatic carbocycles. The Morgan fingerprint density at radius 3 is 2.67 bits per heavy atom. The van der Waals surface area contributed by atoms with Crippen LogP contribution in [0.4, 0.5) is 17.8 Å². The van der Waals surface area contributed by atoms with Crippen LogP contribution in [0.5, 0.6) is 0 Å². The lowest BCUT2D eigenvalue weighted by atomic mass is 10.4. The van der Waals surface area contributed by atoms with Crippen LogP contribution < -0.4 is 16.0 Å². The first kappa shape index (κ1) is 15.7. The Balaban J connectivity index is 1.77. The first-order chi connectivity index (χ1) is 10.1. The molecular weight excluding hydrogens is 270 g/mol. The maximum atomic E-state index is 5.75. The molecule has 1 aliphatic heterocycles. The Morgan fingerprint density at radius 1 is 1.19 bits per heavy atom. The Kier molecular flexibility index (Phi) is 5.94. The molecule has 2 heterocycles. The van der Waals surface area contributed by atoms with E-state index < -0.39 is 0 Å². The third-order valence-electron chi connectivity index (χ3n) is 3.24. The lowest BCUT2D eigenvalue weighted by Gasteiger charge is -2.16. The monoisotopic (exact) mass is 295 g/mol. The highest BCUT2D eigenvalue weighted by Gasteiger charge is 2.16. The maximum absolute atomic E-state index is 5.75. The van der Waals surface area contributed by atoms with Gasteiger partial charge in [0.2, 0.25) is 17.8 Å². The fourth-order valence-electron chi connectivity index (χ4n) is 2.10. The van der Waals surface area contributed by atoms with Gasteiger partial charge in [-0.05, 0) is 26.9 Å². The zero-order chi connectivity index (χ0) is 15.1. The summed E-state index contributed by atoms with van der Waals surface area (Å²) in [6, 6.07) is 0. The molecular formula is C13H25N7O. The van der Waals surface area contributed by atoms with E-state index in [0.29, 0.717) is 31.7 Å². The van der Waals surface area contributed by atoms with Crippen molar-refractivity contribution < 1.29 is 4.74 Å². The second-order valence-electron chi connectivity index (χ2n) is 5.35. The van der Waals surface area contributed by atoms with Crippen molar-refractivity contribution in [2.75, 3.05) is 69.4 Å². The van der Waals surface area contributed by atoms with Crippen LogP contribution in [0.15, 0.2) is 0 Å². The van der Waals surface area contributed by atoms with Gasteiger partial charge in [0.1, 0.15) is 0 Å². The Bertz CT molecular complexity index is 435. The highest BCUT2D eigenvalue weighted by molar-refractivity contribution is 5.42. The van der Waals surface area contributed by atoms with Crippen molar-refractivity contribution in [3.05, 3.63) is 0 Å². The summed E-state index contributed by atoms with van der Waals surface area (Å²) < 4.78 is 5.51. The summed E-state index contributed by atoms with van der Waals surface area (Å²) in [5, 5.41) is 3.13. The van der Waals surface area contributed by atoms with Gasteiger partial charge in [-0.15, -0.1) is 0 Å². The Labute approximate surface area is 125 Å². The molecule has 0 bridgehead atoms. The summed E-state index contributed by atoms with van der Waals surface area (Å²) in [6.07, 6.45) is 2.35. The molecule has 21 heavy (non-hydrogen) atoms. The van der Waals surface area contributed by atoms with Crippen molar-refractivity contribution in [2.24, 2.45) is 0 Å². The molecule has 1 aliphatic rings. The topological polar surface area (TPSA) is 92.4 Å². The van der Waals surface area contributed by atoms with Crippen LogP contribution in [0.2, 0.25) is 0 Å². The number of nitrogens with zero attached hydrogens (tertiary/aromatic N) is 5. The van der Waals surface area contributed by atoms with E-state index in [4.69, 9.17) is 10.5 Å². The van der Waals surface area contributed by atoms with Gasteiger partial charge in [0.05, 0.1) is 13.2 Å². The summed E-state index contributed by atoms with van der Waals surface area (Å²) >= 11 is 0. The van der Waals surface area contributed by atoms with Crippen LogP contribution in [-0.4, -0.2) is 73.3 Å². The smallest absolute Gasteiger partial charge is 0.231 e. The fourth-order valence-corrected chi connectivity index (χ4v) is 2.10. The van der Waals surface area contributed by atoms with Crippen molar-refractivity contribution in [1.82, 2.24) is 19.9 Å². The van der Waals surface area contributed by atoms with Gasteiger partial charge in [-0.3, -0.25) is 0 Å². The minimum atomic E-state index is 0.253. The van der Waals surface area contributed by atoms with Crippen LogP contribution in [0.25, 0.3) is 0 Å². The Hall–Kier alpha value is -1.67. The van der Waals surface area contributed by atoms with E-state index in [2.05, 4.69) is 30.1 Å². The number of likely N-dealkylation sites (N-methyl/N-ethyl adjacent to an activating group) is 1.